The van der Waals surface area contributed by atoms with Gasteiger partial charge in [-0.3, -0.25) is 0 Å². The van der Waals surface area contributed by atoms with E-state index < -0.39 is 43.6 Å². The minimum atomic E-state index is -4.29. The fraction of sp³-hybridized carbons (Fsp3) is 0.174. The zero-order valence-electron chi connectivity index (χ0n) is 18.3. The van der Waals surface area contributed by atoms with E-state index in [2.05, 4.69) is 9.97 Å². The molecule has 2 N–H and O–H groups in total. The number of aromatic carboxylic acids is 1. The molecule has 2 aromatic heterocycles. The maximum Gasteiger partial charge on any atom is 0.354 e. The van der Waals surface area contributed by atoms with Gasteiger partial charge in [-0.2, -0.15) is 0 Å². The van der Waals surface area contributed by atoms with Gasteiger partial charge >= 0.3 is 11.7 Å². The summed E-state index contributed by atoms with van der Waals surface area (Å²) in [6.07, 6.45) is 0. The van der Waals surface area contributed by atoms with Gasteiger partial charge in [-0.1, -0.05) is 18.2 Å². The zero-order valence-corrected chi connectivity index (χ0v) is 19.1. The SMILES string of the molecule is Cc1cc(C(=O)O)nc2c1[nH]c(=O)n2-c1cc(S(=O)(=O)C(C)(C)c2ccccc2F)ccc1F. The van der Waals surface area contributed by atoms with Gasteiger partial charge in [-0.15, -0.1) is 0 Å². The standard InChI is InChI=1S/C23H19F2N3O5S/c1-12-10-17(21(29)30)26-20-19(12)27-22(31)28(20)18-11-13(8-9-16(18)25)34(32,33)23(2,3)14-6-4-5-7-15(14)24/h4-11H,1-3H3,(H,27,31)(H,29,30). The van der Waals surface area contributed by atoms with Crippen LogP contribution in [0, 0.1) is 18.6 Å². The Morgan fingerprint density at radius 2 is 1.76 bits per heavy atom. The van der Waals surface area contributed by atoms with Crippen molar-refractivity contribution in [1.29, 1.82) is 0 Å². The van der Waals surface area contributed by atoms with Crippen molar-refractivity contribution < 1.29 is 27.1 Å². The number of carbonyl (C=O) groups is 1. The molecule has 34 heavy (non-hydrogen) atoms. The van der Waals surface area contributed by atoms with Gasteiger partial charge in [0.25, 0.3) is 0 Å². The van der Waals surface area contributed by atoms with Gasteiger partial charge in [-0.25, -0.2) is 36.3 Å². The topological polar surface area (TPSA) is 122 Å². The van der Waals surface area contributed by atoms with Crippen LogP contribution in [0.1, 0.15) is 35.5 Å². The number of rotatable bonds is 5. The number of sulfone groups is 1. The fourth-order valence-electron chi connectivity index (χ4n) is 3.78. The van der Waals surface area contributed by atoms with Crippen LogP contribution in [0.2, 0.25) is 0 Å². The van der Waals surface area contributed by atoms with Crippen LogP contribution < -0.4 is 5.69 Å². The minimum absolute atomic E-state index is 0.0754. The van der Waals surface area contributed by atoms with Gasteiger partial charge in [0.15, 0.2) is 21.2 Å². The molecule has 0 atom stereocenters. The lowest BCUT2D eigenvalue weighted by Gasteiger charge is -2.26. The Balaban J connectivity index is 1.97. The highest BCUT2D eigenvalue weighted by molar-refractivity contribution is 7.92. The van der Waals surface area contributed by atoms with E-state index >= 15 is 0 Å². The number of halogens is 2. The molecular weight excluding hydrogens is 468 g/mol. The highest BCUT2D eigenvalue weighted by atomic mass is 32.2. The Labute approximate surface area is 192 Å². The number of aryl methyl sites for hydroxylation is 1. The molecule has 2 aromatic carbocycles. The molecule has 0 fully saturated rings. The molecule has 0 amide bonds. The van der Waals surface area contributed by atoms with Crippen molar-refractivity contribution in [3.63, 3.8) is 0 Å². The van der Waals surface area contributed by atoms with Crippen molar-refractivity contribution in [3.05, 3.63) is 87.5 Å². The van der Waals surface area contributed by atoms with E-state index in [1.807, 2.05) is 0 Å². The monoisotopic (exact) mass is 487 g/mol. The Hall–Kier alpha value is -3.86. The summed E-state index contributed by atoms with van der Waals surface area (Å²) in [6, 6.07) is 9.53. The number of carboxylic acids is 1. The molecule has 2 heterocycles. The third kappa shape index (κ3) is 3.48. The molecule has 0 aliphatic rings. The lowest BCUT2D eigenvalue weighted by atomic mass is 10.0. The van der Waals surface area contributed by atoms with Crippen molar-refractivity contribution in [3.8, 4) is 5.69 Å². The summed E-state index contributed by atoms with van der Waals surface area (Å²) in [7, 11) is -4.29. The van der Waals surface area contributed by atoms with E-state index in [0.29, 0.717) is 5.56 Å². The predicted octanol–water partition coefficient (Wildman–Crippen LogP) is 3.71. The van der Waals surface area contributed by atoms with Crippen LogP contribution in [-0.4, -0.2) is 34.0 Å². The molecule has 0 saturated heterocycles. The normalized spacial score (nSPS) is 12.3. The smallest absolute Gasteiger partial charge is 0.354 e. The Morgan fingerprint density at radius 3 is 2.41 bits per heavy atom. The van der Waals surface area contributed by atoms with Crippen molar-refractivity contribution in [2.24, 2.45) is 0 Å². The van der Waals surface area contributed by atoms with E-state index in [0.717, 1.165) is 28.8 Å². The summed E-state index contributed by atoms with van der Waals surface area (Å²) in [4.78, 5) is 30.2. The number of benzene rings is 2. The molecule has 0 radical (unpaired) electrons. The number of hydrogen-bond acceptors (Lipinski definition) is 5. The molecule has 4 rings (SSSR count). The number of nitrogens with zero attached hydrogens (tertiary/aromatic N) is 2. The number of pyridine rings is 1. The molecular formula is C23H19F2N3O5S. The average molecular weight is 487 g/mol. The van der Waals surface area contributed by atoms with Crippen LogP contribution in [-0.2, 0) is 14.6 Å². The molecule has 176 valence electrons. The summed E-state index contributed by atoms with van der Waals surface area (Å²) < 4.78 is 55.4. The second-order valence-electron chi connectivity index (χ2n) is 8.20. The first-order valence-electron chi connectivity index (χ1n) is 10.0. The van der Waals surface area contributed by atoms with Gasteiger partial charge in [0.2, 0.25) is 0 Å². The third-order valence-corrected chi connectivity index (χ3v) is 8.16. The lowest BCUT2D eigenvalue weighted by Crippen LogP contribution is -2.30. The Morgan fingerprint density at radius 1 is 1.09 bits per heavy atom. The fourth-order valence-corrected chi connectivity index (χ4v) is 5.34. The van der Waals surface area contributed by atoms with Crippen LogP contribution in [0.3, 0.4) is 0 Å². The molecule has 4 aromatic rings. The van der Waals surface area contributed by atoms with E-state index in [4.69, 9.17) is 0 Å². The third-order valence-electron chi connectivity index (χ3n) is 5.73. The highest BCUT2D eigenvalue weighted by Gasteiger charge is 2.39. The number of carboxylic acid groups (broad SMARTS) is 1. The molecule has 0 spiro atoms. The zero-order chi connectivity index (χ0) is 25.0. The highest BCUT2D eigenvalue weighted by Crippen LogP contribution is 2.37. The molecule has 0 aliphatic heterocycles. The quantitative estimate of drug-likeness (QED) is 0.414. The first-order chi connectivity index (χ1) is 15.9. The minimum Gasteiger partial charge on any atom is -0.477 e. The average Bonchev–Trinajstić information content (AvgIpc) is 3.10. The lowest BCUT2D eigenvalue weighted by molar-refractivity contribution is 0.0690. The summed E-state index contributed by atoms with van der Waals surface area (Å²) in [6.45, 7) is 4.20. The molecule has 0 saturated carbocycles. The second kappa shape index (κ2) is 7.87. The van der Waals surface area contributed by atoms with Gasteiger partial charge in [0.05, 0.1) is 20.8 Å². The van der Waals surface area contributed by atoms with Crippen LogP contribution in [0.25, 0.3) is 16.9 Å². The Kier molecular flexibility index (Phi) is 5.40. The number of hydrogen-bond donors (Lipinski definition) is 2. The van der Waals surface area contributed by atoms with Gasteiger partial charge in [0.1, 0.15) is 11.6 Å². The maximum atomic E-state index is 14.9. The largest absolute Gasteiger partial charge is 0.477 e. The van der Waals surface area contributed by atoms with Gasteiger partial charge < -0.3 is 10.1 Å². The van der Waals surface area contributed by atoms with E-state index in [1.165, 1.54) is 38.1 Å². The van der Waals surface area contributed by atoms with Crippen LogP contribution in [0.5, 0.6) is 0 Å². The first kappa shape index (κ1) is 23.3. The summed E-state index contributed by atoms with van der Waals surface area (Å²) in [5.74, 6) is -3.01. The molecule has 0 bridgehead atoms. The number of aromatic amines is 1. The predicted molar refractivity (Wildman–Crippen MR) is 120 cm³/mol. The van der Waals surface area contributed by atoms with Crippen molar-refractivity contribution in [2.75, 3.05) is 0 Å². The number of aromatic nitrogens is 3. The van der Waals surface area contributed by atoms with Crippen molar-refractivity contribution >= 4 is 27.0 Å². The van der Waals surface area contributed by atoms with Crippen LogP contribution in [0.4, 0.5) is 8.78 Å². The molecule has 0 unspecified atom stereocenters. The van der Waals surface area contributed by atoms with E-state index in [9.17, 15) is 31.9 Å². The van der Waals surface area contributed by atoms with Crippen molar-refractivity contribution in [1.82, 2.24) is 14.5 Å². The number of imidazole rings is 1. The molecule has 11 heteroatoms. The first-order valence-corrected chi connectivity index (χ1v) is 11.5. The van der Waals surface area contributed by atoms with Crippen LogP contribution >= 0.6 is 0 Å². The van der Waals surface area contributed by atoms with E-state index in [1.54, 1.807) is 6.92 Å². The maximum absolute atomic E-state index is 14.9. The molecule has 0 aliphatic carbocycles. The van der Waals surface area contributed by atoms with Gasteiger partial charge in [0, 0.05) is 5.56 Å². The summed E-state index contributed by atoms with van der Waals surface area (Å²) in [5, 5.41) is 9.32. The number of H-pyrrole nitrogens is 1. The number of nitrogens with one attached hydrogen (secondary N) is 1. The van der Waals surface area contributed by atoms with Gasteiger partial charge in [-0.05, 0) is 56.7 Å². The van der Waals surface area contributed by atoms with E-state index in [-0.39, 0.29) is 27.3 Å². The number of fused-ring (bicyclic) bond motifs is 1. The Bertz CT molecular complexity index is 1640. The molecule has 8 nitrogen and oxygen atoms in total. The second-order valence-corrected chi connectivity index (χ2v) is 10.7. The van der Waals surface area contributed by atoms with Crippen LogP contribution in [0.15, 0.2) is 58.2 Å². The van der Waals surface area contributed by atoms with Crippen molar-refractivity contribution in [2.45, 2.75) is 30.4 Å². The summed E-state index contributed by atoms with van der Waals surface area (Å²) >= 11 is 0. The summed E-state index contributed by atoms with van der Waals surface area (Å²) in [5.41, 5.74) is -1.36.